The second-order valence-corrected chi connectivity index (χ2v) is 6.03. The molecule has 5 nitrogen and oxygen atoms in total. The molecule has 0 aliphatic carbocycles. The monoisotopic (exact) mass is 369 g/mol. The smallest absolute Gasteiger partial charge is 0.246 e. The van der Waals surface area contributed by atoms with Crippen molar-refractivity contribution in [2.45, 2.75) is 13.3 Å². The molecule has 0 unspecified atom stereocenters. The number of nitrogens with zero attached hydrogens (tertiary/aromatic N) is 1. The van der Waals surface area contributed by atoms with Crippen LogP contribution in [0.3, 0.4) is 0 Å². The van der Waals surface area contributed by atoms with Gasteiger partial charge in [-0.15, -0.1) is 0 Å². The first-order valence-corrected chi connectivity index (χ1v) is 8.94. The quantitative estimate of drug-likeness (QED) is 0.631. The molecule has 0 spiro atoms. The van der Waals surface area contributed by atoms with E-state index in [1.54, 1.807) is 32.2 Å². The Morgan fingerprint density at radius 1 is 1.04 bits per heavy atom. The van der Waals surface area contributed by atoms with Crippen molar-refractivity contribution in [1.29, 1.82) is 0 Å². The van der Waals surface area contributed by atoms with Crippen molar-refractivity contribution < 1.29 is 19.0 Å². The summed E-state index contributed by atoms with van der Waals surface area (Å²) < 4.78 is 16.0. The van der Waals surface area contributed by atoms with E-state index in [0.717, 1.165) is 23.3 Å². The van der Waals surface area contributed by atoms with Gasteiger partial charge in [-0.1, -0.05) is 18.2 Å². The third-order valence-electron chi connectivity index (χ3n) is 4.17. The molecule has 2 rings (SSSR count). The number of amides is 1. The van der Waals surface area contributed by atoms with Crippen LogP contribution in [0.25, 0.3) is 6.08 Å². The Hall–Kier alpha value is -2.95. The van der Waals surface area contributed by atoms with Gasteiger partial charge in [-0.2, -0.15) is 0 Å². The van der Waals surface area contributed by atoms with Gasteiger partial charge in [0.2, 0.25) is 5.91 Å². The predicted octanol–water partition coefficient (Wildman–Crippen LogP) is 3.82. The summed E-state index contributed by atoms with van der Waals surface area (Å²) in [5.41, 5.74) is 2.04. The number of carbonyl (C=O) groups is 1. The van der Waals surface area contributed by atoms with Crippen LogP contribution in [0.15, 0.2) is 48.5 Å². The molecular weight excluding hydrogens is 342 g/mol. The van der Waals surface area contributed by atoms with Crippen LogP contribution in [-0.2, 0) is 11.2 Å². The molecule has 0 radical (unpaired) electrons. The van der Waals surface area contributed by atoms with E-state index in [2.05, 4.69) is 0 Å². The van der Waals surface area contributed by atoms with Gasteiger partial charge in [0.15, 0.2) is 11.5 Å². The fraction of sp³-hybridized carbons (Fsp3) is 0.318. The SMILES string of the molecule is CCOc1ccc(/C=C/C(=O)N(C)CCc2ccc(OC)c(OC)c2)cc1. The van der Waals surface area contributed by atoms with Gasteiger partial charge >= 0.3 is 0 Å². The summed E-state index contributed by atoms with van der Waals surface area (Å²) in [6, 6.07) is 13.4. The van der Waals surface area contributed by atoms with E-state index in [1.165, 1.54) is 0 Å². The molecule has 0 N–H and O–H groups in total. The summed E-state index contributed by atoms with van der Waals surface area (Å²) in [6.45, 7) is 3.20. The summed E-state index contributed by atoms with van der Waals surface area (Å²) in [5, 5.41) is 0. The maximum Gasteiger partial charge on any atom is 0.246 e. The number of methoxy groups -OCH3 is 2. The Labute approximate surface area is 161 Å². The van der Waals surface area contributed by atoms with Gasteiger partial charge in [0, 0.05) is 19.7 Å². The van der Waals surface area contributed by atoms with Crippen LogP contribution in [0.5, 0.6) is 17.2 Å². The van der Waals surface area contributed by atoms with Crippen molar-refractivity contribution in [2.75, 3.05) is 34.4 Å². The average Bonchev–Trinajstić information content (AvgIpc) is 2.71. The third-order valence-corrected chi connectivity index (χ3v) is 4.17. The molecule has 0 heterocycles. The van der Waals surface area contributed by atoms with Crippen molar-refractivity contribution in [3.63, 3.8) is 0 Å². The average molecular weight is 369 g/mol. The number of benzene rings is 2. The highest BCUT2D eigenvalue weighted by atomic mass is 16.5. The lowest BCUT2D eigenvalue weighted by atomic mass is 10.1. The maximum atomic E-state index is 12.3. The number of ether oxygens (including phenoxy) is 3. The van der Waals surface area contributed by atoms with Crippen LogP contribution in [-0.4, -0.2) is 45.2 Å². The fourth-order valence-corrected chi connectivity index (χ4v) is 2.58. The van der Waals surface area contributed by atoms with Gasteiger partial charge in [-0.3, -0.25) is 4.79 Å². The molecule has 0 atom stereocenters. The number of hydrogen-bond donors (Lipinski definition) is 0. The minimum Gasteiger partial charge on any atom is -0.494 e. The normalized spacial score (nSPS) is 10.7. The summed E-state index contributed by atoms with van der Waals surface area (Å²) in [7, 11) is 5.02. The molecule has 2 aromatic rings. The van der Waals surface area contributed by atoms with Crippen molar-refractivity contribution in [1.82, 2.24) is 4.90 Å². The zero-order chi connectivity index (χ0) is 19.6. The van der Waals surface area contributed by atoms with Crippen LogP contribution in [0.1, 0.15) is 18.1 Å². The van der Waals surface area contributed by atoms with Crippen molar-refractivity contribution >= 4 is 12.0 Å². The van der Waals surface area contributed by atoms with E-state index in [0.29, 0.717) is 24.7 Å². The van der Waals surface area contributed by atoms with Crippen molar-refractivity contribution in [2.24, 2.45) is 0 Å². The first-order chi connectivity index (χ1) is 13.1. The molecule has 0 fully saturated rings. The first kappa shape index (κ1) is 20.4. The van der Waals surface area contributed by atoms with Gasteiger partial charge < -0.3 is 19.1 Å². The Bertz CT molecular complexity index is 768. The molecular formula is C22H27NO4. The zero-order valence-corrected chi connectivity index (χ0v) is 16.4. The molecule has 0 aliphatic heterocycles. The minimum absolute atomic E-state index is 0.0376. The highest BCUT2D eigenvalue weighted by Crippen LogP contribution is 2.27. The molecule has 0 aliphatic rings. The standard InChI is InChI=1S/C22H27NO4/c1-5-27-19-10-6-17(7-11-19)9-13-22(24)23(2)15-14-18-8-12-20(25-3)21(16-18)26-4/h6-13,16H,5,14-15H2,1-4H3/b13-9+. The van der Waals surface area contributed by atoms with Crippen LogP contribution in [0.4, 0.5) is 0 Å². The number of likely N-dealkylation sites (N-methyl/N-ethyl adjacent to an activating group) is 1. The summed E-state index contributed by atoms with van der Waals surface area (Å²) >= 11 is 0. The van der Waals surface area contributed by atoms with E-state index in [-0.39, 0.29) is 5.91 Å². The largest absolute Gasteiger partial charge is 0.494 e. The summed E-state index contributed by atoms with van der Waals surface area (Å²) in [4.78, 5) is 14.0. The molecule has 2 aromatic carbocycles. The van der Waals surface area contributed by atoms with E-state index in [4.69, 9.17) is 14.2 Å². The summed E-state index contributed by atoms with van der Waals surface area (Å²) in [6.07, 6.45) is 4.13. The second kappa shape index (κ2) is 10.3. The number of carbonyl (C=O) groups excluding carboxylic acids is 1. The highest BCUT2D eigenvalue weighted by molar-refractivity contribution is 5.91. The molecule has 1 amide bonds. The van der Waals surface area contributed by atoms with Gasteiger partial charge in [-0.25, -0.2) is 0 Å². The predicted molar refractivity (Wildman–Crippen MR) is 108 cm³/mol. The van der Waals surface area contributed by atoms with Crippen LogP contribution in [0.2, 0.25) is 0 Å². The Balaban J connectivity index is 1.89. The van der Waals surface area contributed by atoms with Gasteiger partial charge in [0.1, 0.15) is 5.75 Å². The third kappa shape index (κ3) is 6.06. The number of rotatable bonds is 9. The molecule has 27 heavy (non-hydrogen) atoms. The molecule has 144 valence electrons. The second-order valence-electron chi connectivity index (χ2n) is 6.03. The molecule has 0 saturated heterocycles. The minimum atomic E-state index is -0.0376. The van der Waals surface area contributed by atoms with Crippen molar-refractivity contribution in [3.05, 3.63) is 59.7 Å². The topological polar surface area (TPSA) is 48.0 Å². The lowest BCUT2D eigenvalue weighted by molar-refractivity contribution is -0.124. The van der Waals surface area contributed by atoms with Gasteiger partial charge in [-0.05, 0) is 54.8 Å². The summed E-state index contributed by atoms with van der Waals surface area (Å²) in [5.74, 6) is 2.18. The first-order valence-electron chi connectivity index (χ1n) is 8.94. The lowest BCUT2D eigenvalue weighted by Crippen LogP contribution is -2.27. The molecule has 5 heteroatoms. The molecule has 0 aromatic heterocycles. The van der Waals surface area contributed by atoms with Crippen molar-refractivity contribution in [3.8, 4) is 17.2 Å². The van der Waals surface area contributed by atoms with Crippen LogP contribution in [0, 0.1) is 0 Å². The van der Waals surface area contributed by atoms with Crippen LogP contribution >= 0.6 is 0 Å². The Kier molecular flexibility index (Phi) is 7.74. The van der Waals surface area contributed by atoms with E-state index in [1.807, 2.05) is 55.5 Å². The zero-order valence-electron chi connectivity index (χ0n) is 16.4. The van der Waals surface area contributed by atoms with Crippen LogP contribution < -0.4 is 14.2 Å². The van der Waals surface area contributed by atoms with E-state index >= 15 is 0 Å². The Morgan fingerprint density at radius 3 is 2.37 bits per heavy atom. The van der Waals surface area contributed by atoms with Gasteiger partial charge in [0.05, 0.1) is 20.8 Å². The lowest BCUT2D eigenvalue weighted by Gasteiger charge is -2.16. The van der Waals surface area contributed by atoms with E-state index in [9.17, 15) is 4.79 Å². The molecule has 0 saturated carbocycles. The van der Waals surface area contributed by atoms with Gasteiger partial charge in [0.25, 0.3) is 0 Å². The van der Waals surface area contributed by atoms with E-state index < -0.39 is 0 Å². The highest BCUT2D eigenvalue weighted by Gasteiger charge is 2.08. The number of hydrogen-bond acceptors (Lipinski definition) is 4. The Morgan fingerprint density at radius 2 is 1.74 bits per heavy atom. The fourth-order valence-electron chi connectivity index (χ4n) is 2.58. The maximum absolute atomic E-state index is 12.3. The molecule has 0 bridgehead atoms.